The third-order valence-corrected chi connectivity index (χ3v) is 3.39. The molecule has 2 rings (SSSR count). The molecule has 1 aromatic rings. The van der Waals surface area contributed by atoms with E-state index in [2.05, 4.69) is 0 Å². The molecule has 1 unspecified atom stereocenters. The second kappa shape index (κ2) is 5.08. The van der Waals surface area contributed by atoms with E-state index >= 15 is 0 Å². The van der Waals surface area contributed by atoms with Crippen LogP contribution in [0.15, 0.2) is 18.2 Å². The third kappa shape index (κ3) is 2.54. The number of aryl methyl sites for hydroxylation is 1. The molecule has 1 aromatic carbocycles. The van der Waals surface area contributed by atoms with Gasteiger partial charge in [0.05, 0.1) is 13.7 Å². The SMILES string of the molecule is COc1ccc(C)cc1CC(=O)C1(N)CCOC1. The predicted octanol–water partition coefficient (Wildman–Crippen LogP) is 1.23. The molecule has 1 saturated heterocycles. The lowest BCUT2D eigenvalue weighted by molar-refractivity contribution is -0.123. The Morgan fingerprint density at radius 1 is 1.56 bits per heavy atom. The molecule has 4 nitrogen and oxygen atoms in total. The van der Waals surface area contributed by atoms with Gasteiger partial charge < -0.3 is 15.2 Å². The van der Waals surface area contributed by atoms with Gasteiger partial charge in [0.2, 0.25) is 0 Å². The molecule has 0 bridgehead atoms. The van der Waals surface area contributed by atoms with Crippen LogP contribution < -0.4 is 10.5 Å². The smallest absolute Gasteiger partial charge is 0.159 e. The van der Waals surface area contributed by atoms with E-state index in [9.17, 15) is 4.79 Å². The van der Waals surface area contributed by atoms with Crippen LogP contribution in [0.25, 0.3) is 0 Å². The van der Waals surface area contributed by atoms with Crippen molar-refractivity contribution in [3.8, 4) is 5.75 Å². The zero-order chi connectivity index (χ0) is 13.2. The Morgan fingerprint density at radius 3 is 2.94 bits per heavy atom. The van der Waals surface area contributed by atoms with Gasteiger partial charge in [0.15, 0.2) is 5.78 Å². The maximum absolute atomic E-state index is 12.3. The van der Waals surface area contributed by atoms with Gasteiger partial charge in [0.25, 0.3) is 0 Å². The zero-order valence-corrected chi connectivity index (χ0v) is 10.9. The van der Waals surface area contributed by atoms with Gasteiger partial charge in [0.1, 0.15) is 11.3 Å². The number of hydrogen-bond donors (Lipinski definition) is 1. The van der Waals surface area contributed by atoms with Gasteiger partial charge in [-0.1, -0.05) is 17.7 Å². The van der Waals surface area contributed by atoms with Crippen molar-refractivity contribution in [3.05, 3.63) is 29.3 Å². The molecule has 0 amide bonds. The molecule has 1 aliphatic rings. The summed E-state index contributed by atoms with van der Waals surface area (Å²) in [7, 11) is 1.61. The fraction of sp³-hybridized carbons (Fsp3) is 0.500. The minimum Gasteiger partial charge on any atom is -0.496 e. The Bertz CT molecular complexity index is 450. The standard InChI is InChI=1S/C14H19NO3/c1-10-3-4-12(17-2)11(7-10)8-13(16)14(15)5-6-18-9-14/h3-4,7H,5-6,8-9,15H2,1-2H3. The van der Waals surface area contributed by atoms with Gasteiger partial charge in [-0.3, -0.25) is 4.79 Å². The van der Waals surface area contributed by atoms with Gasteiger partial charge in [-0.25, -0.2) is 0 Å². The van der Waals surface area contributed by atoms with Crippen molar-refractivity contribution < 1.29 is 14.3 Å². The van der Waals surface area contributed by atoms with Gasteiger partial charge >= 0.3 is 0 Å². The molecule has 4 heteroatoms. The topological polar surface area (TPSA) is 61.5 Å². The van der Waals surface area contributed by atoms with Gasteiger partial charge in [0, 0.05) is 18.6 Å². The van der Waals surface area contributed by atoms with Gasteiger partial charge in [-0.2, -0.15) is 0 Å². The number of rotatable bonds is 4. The monoisotopic (exact) mass is 249 g/mol. The molecule has 2 N–H and O–H groups in total. The molecule has 1 atom stereocenters. The van der Waals surface area contributed by atoms with E-state index in [1.807, 2.05) is 25.1 Å². The van der Waals surface area contributed by atoms with Crippen LogP contribution in [0.2, 0.25) is 0 Å². The molecule has 18 heavy (non-hydrogen) atoms. The van der Waals surface area contributed by atoms with Gasteiger partial charge in [-0.15, -0.1) is 0 Å². The summed E-state index contributed by atoms with van der Waals surface area (Å²) < 4.78 is 10.5. The molecule has 98 valence electrons. The van der Waals surface area contributed by atoms with Crippen molar-refractivity contribution in [2.75, 3.05) is 20.3 Å². The minimum atomic E-state index is -0.825. The van der Waals surface area contributed by atoms with Crippen molar-refractivity contribution in [1.29, 1.82) is 0 Å². The lowest BCUT2D eigenvalue weighted by atomic mass is 9.89. The Hall–Kier alpha value is -1.39. The first-order valence-corrected chi connectivity index (χ1v) is 6.08. The van der Waals surface area contributed by atoms with E-state index in [1.54, 1.807) is 7.11 Å². The van der Waals surface area contributed by atoms with Crippen molar-refractivity contribution >= 4 is 5.78 Å². The van der Waals surface area contributed by atoms with Crippen LogP contribution in [-0.4, -0.2) is 31.6 Å². The van der Waals surface area contributed by atoms with Gasteiger partial charge in [-0.05, 0) is 19.4 Å². The Labute approximate surface area is 107 Å². The number of carbonyl (C=O) groups is 1. The largest absolute Gasteiger partial charge is 0.496 e. The first-order valence-electron chi connectivity index (χ1n) is 6.08. The van der Waals surface area contributed by atoms with Crippen LogP contribution in [0.1, 0.15) is 17.5 Å². The summed E-state index contributed by atoms with van der Waals surface area (Å²) in [6.07, 6.45) is 0.894. The second-order valence-electron chi connectivity index (χ2n) is 4.87. The maximum Gasteiger partial charge on any atom is 0.159 e. The molecule has 1 heterocycles. The zero-order valence-electron chi connectivity index (χ0n) is 10.9. The molecule has 0 aromatic heterocycles. The van der Waals surface area contributed by atoms with Crippen LogP contribution in [0.4, 0.5) is 0 Å². The Kier molecular flexibility index (Phi) is 3.68. The summed E-state index contributed by atoms with van der Waals surface area (Å²) in [5.41, 5.74) is 7.23. The number of ketones is 1. The summed E-state index contributed by atoms with van der Waals surface area (Å²) in [5.74, 6) is 0.750. The highest BCUT2D eigenvalue weighted by molar-refractivity contribution is 5.90. The molecule has 1 fully saturated rings. The minimum absolute atomic E-state index is 0.0175. The van der Waals surface area contributed by atoms with Crippen molar-refractivity contribution in [2.24, 2.45) is 5.73 Å². The molecule has 0 spiro atoms. The molecular formula is C14H19NO3. The lowest BCUT2D eigenvalue weighted by Crippen LogP contribution is -2.49. The Balaban J connectivity index is 2.18. The van der Waals surface area contributed by atoms with E-state index in [0.717, 1.165) is 16.9 Å². The van der Waals surface area contributed by atoms with E-state index in [4.69, 9.17) is 15.2 Å². The average molecular weight is 249 g/mol. The summed E-state index contributed by atoms with van der Waals surface area (Å²) in [6, 6.07) is 5.81. The van der Waals surface area contributed by atoms with E-state index in [0.29, 0.717) is 26.1 Å². The molecule has 0 saturated carbocycles. The Morgan fingerprint density at radius 2 is 2.33 bits per heavy atom. The number of Topliss-reactive ketones (excluding diaryl/α,β-unsaturated/α-hetero) is 1. The first-order chi connectivity index (χ1) is 8.55. The highest BCUT2D eigenvalue weighted by atomic mass is 16.5. The fourth-order valence-corrected chi connectivity index (χ4v) is 2.20. The number of ether oxygens (including phenoxy) is 2. The quantitative estimate of drug-likeness (QED) is 0.872. The summed E-state index contributed by atoms with van der Waals surface area (Å²) in [4.78, 5) is 12.3. The van der Waals surface area contributed by atoms with Crippen LogP contribution in [0, 0.1) is 6.92 Å². The third-order valence-electron chi connectivity index (χ3n) is 3.39. The van der Waals surface area contributed by atoms with Crippen LogP contribution in [0.5, 0.6) is 5.75 Å². The highest BCUT2D eigenvalue weighted by Gasteiger charge is 2.37. The lowest BCUT2D eigenvalue weighted by Gasteiger charge is -2.20. The number of benzene rings is 1. The molecule has 1 aliphatic heterocycles. The molecule has 0 aliphatic carbocycles. The summed E-state index contributed by atoms with van der Waals surface area (Å²) >= 11 is 0. The number of methoxy groups -OCH3 is 1. The fourth-order valence-electron chi connectivity index (χ4n) is 2.20. The predicted molar refractivity (Wildman–Crippen MR) is 68.8 cm³/mol. The summed E-state index contributed by atoms with van der Waals surface area (Å²) in [5, 5.41) is 0. The van der Waals surface area contributed by atoms with Crippen LogP contribution in [-0.2, 0) is 16.0 Å². The van der Waals surface area contributed by atoms with Crippen molar-refractivity contribution in [3.63, 3.8) is 0 Å². The number of carbonyl (C=O) groups excluding carboxylic acids is 1. The van der Waals surface area contributed by atoms with Crippen molar-refractivity contribution in [2.45, 2.75) is 25.3 Å². The van der Waals surface area contributed by atoms with E-state index in [1.165, 1.54) is 0 Å². The molecular weight excluding hydrogens is 230 g/mol. The number of hydrogen-bond acceptors (Lipinski definition) is 4. The van der Waals surface area contributed by atoms with Crippen molar-refractivity contribution in [1.82, 2.24) is 0 Å². The second-order valence-corrected chi connectivity index (χ2v) is 4.87. The first kappa shape index (κ1) is 13.1. The highest BCUT2D eigenvalue weighted by Crippen LogP contribution is 2.24. The molecule has 0 radical (unpaired) electrons. The van der Waals surface area contributed by atoms with Crippen LogP contribution >= 0.6 is 0 Å². The van der Waals surface area contributed by atoms with Crippen LogP contribution in [0.3, 0.4) is 0 Å². The average Bonchev–Trinajstić information content (AvgIpc) is 2.78. The van der Waals surface area contributed by atoms with E-state index < -0.39 is 5.54 Å². The maximum atomic E-state index is 12.3. The summed E-state index contributed by atoms with van der Waals surface area (Å²) in [6.45, 7) is 2.87. The normalized spacial score (nSPS) is 23.1. The number of nitrogens with two attached hydrogens (primary N) is 1. The van der Waals surface area contributed by atoms with E-state index in [-0.39, 0.29) is 5.78 Å².